The molecule has 0 aliphatic carbocycles. The van der Waals surface area contributed by atoms with Gasteiger partial charge in [-0.25, -0.2) is 5.48 Å². The van der Waals surface area contributed by atoms with Crippen LogP contribution in [0.1, 0.15) is 27.7 Å². The normalized spacial score (nSPS) is 10.7. The van der Waals surface area contributed by atoms with Gasteiger partial charge in [0.1, 0.15) is 5.69 Å². The molecule has 1 heterocycles. The molecule has 0 amide bonds. The summed E-state index contributed by atoms with van der Waals surface area (Å²) in [5.41, 5.74) is 3.84. The van der Waals surface area contributed by atoms with Crippen LogP contribution in [0.15, 0.2) is 87.4 Å². The third-order valence-corrected chi connectivity index (χ3v) is 6.79. The van der Waals surface area contributed by atoms with E-state index in [1.54, 1.807) is 36.9 Å². The number of carbonyl (C=O) groups is 2. The van der Waals surface area contributed by atoms with Gasteiger partial charge in [-0.1, -0.05) is 42.1 Å². The van der Waals surface area contributed by atoms with Crippen LogP contribution in [0.25, 0.3) is 10.1 Å². The van der Waals surface area contributed by atoms with Gasteiger partial charge >= 0.3 is 5.97 Å². The second-order valence-corrected chi connectivity index (χ2v) is 9.44. The molecule has 0 fully saturated rings. The molecular formula is C25H19NO4S2. The summed E-state index contributed by atoms with van der Waals surface area (Å²) < 4.78 is 0.849. The quantitative estimate of drug-likeness (QED) is 0.287. The highest BCUT2D eigenvalue weighted by atomic mass is 32.2. The maximum Gasteiger partial charge on any atom is 0.329 e. The number of aryl methyl sites for hydroxylation is 1. The van der Waals surface area contributed by atoms with E-state index < -0.39 is 5.97 Å². The van der Waals surface area contributed by atoms with E-state index in [1.807, 2.05) is 54.6 Å². The Morgan fingerprint density at radius 3 is 2.25 bits per heavy atom. The molecule has 0 aliphatic rings. The molecule has 160 valence electrons. The Hall–Kier alpha value is -3.42. The van der Waals surface area contributed by atoms with Crippen molar-refractivity contribution in [2.45, 2.75) is 23.6 Å². The van der Waals surface area contributed by atoms with Gasteiger partial charge in [0.15, 0.2) is 5.78 Å². The van der Waals surface area contributed by atoms with Gasteiger partial charge in [-0.05, 0) is 49.4 Å². The van der Waals surface area contributed by atoms with Crippen LogP contribution in [-0.2, 0) is 9.63 Å². The van der Waals surface area contributed by atoms with E-state index in [-0.39, 0.29) is 16.9 Å². The van der Waals surface area contributed by atoms with Crippen molar-refractivity contribution in [1.82, 2.24) is 0 Å². The number of anilines is 1. The van der Waals surface area contributed by atoms with Crippen molar-refractivity contribution in [2.24, 2.45) is 0 Å². The zero-order valence-corrected chi connectivity index (χ0v) is 19.0. The first kappa shape index (κ1) is 21.8. The van der Waals surface area contributed by atoms with Crippen molar-refractivity contribution in [3.05, 3.63) is 99.0 Å². The molecule has 4 rings (SSSR count). The number of rotatable bonds is 6. The Bertz CT molecular complexity index is 1360. The summed E-state index contributed by atoms with van der Waals surface area (Å²) in [6, 6.07) is 22.3. The van der Waals surface area contributed by atoms with Crippen molar-refractivity contribution in [3.63, 3.8) is 0 Å². The van der Waals surface area contributed by atoms with Crippen molar-refractivity contribution in [2.75, 3.05) is 5.48 Å². The van der Waals surface area contributed by atoms with Crippen LogP contribution in [0.5, 0.6) is 0 Å². The Kier molecular flexibility index (Phi) is 6.39. The molecule has 7 heteroatoms. The number of carbonyl (C=O) groups excluding carboxylic acids is 2. The highest BCUT2D eigenvalue weighted by molar-refractivity contribution is 7.99. The zero-order valence-electron chi connectivity index (χ0n) is 17.4. The Morgan fingerprint density at radius 2 is 1.56 bits per heavy atom. The minimum atomic E-state index is -0.517. The number of benzene rings is 3. The number of fused-ring (bicyclic) bond motifs is 1. The SMILES string of the molecule is CC(=O)ONc1c(C)sc2cc(Sc3ccc(C(=O)c4ccccc4)cc3)ccc2c1=O. The summed E-state index contributed by atoms with van der Waals surface area (Å²) in [6.45, 7) is 3.07. The average Bonchev–Trinajstić information content (AvgIpc) is 2.79. The molecular weight excluding hydrogens is 442 g/mol. The third kappa shape index (κ3) is 4.74. The molecule has 1 N–H and O–H groups in total. The second-order valence-electron chi connectivity index (χ2n) is 7.04. The molecule has 3 aromatic carbocycles. The lowest BCUT2D eigenvalue weighted by Gasteiger charge is -2.09. The van der Waals surface area contributed by atoms with Gasteiger partial charge in [0.05, 0.1) is 0 Å². The molecule has 1 aromatic heterocycles. The Labute approximate surface area is 193 Å². The fourth-order valence-electron chi connectivity index (χ4n) is 3.16. The van der Waals surface area contributed by atoms with E-state index >= 15 is 0 Å². The highest BCUT2D eigenvalue weighted by Crippen LogP contribution is 2.33. The predicted octanol–water partition coefficient (Wildman–Crippen LogP) is 5.84. The van der Waals surface area contributed by atoms with Crippen molar-refractivity contribution < 1.29 is 14.4 Å². The smallest absolute Gasteiger partial charge is 0.329 e. The fraction of sp³-hybridized carbons (Fsp3) is 0.0800. The lowest BCUT2D eigenvalue weighted by atomic mass is 10.0. The fourth-order valence-corrected chi connectivity index (χ4v) is 5.11. The van der Waals surface area contributed by atoms with E-state index in [9.17, 15) is 14.4 Å². The van der Waals surface area contributed by atoms with Gasteiger partial charge in [-0.2, -0.15) is 0 Å². The average molecular weight is 462 g/mol. The molecule has 0 bridgehead atoms. The van der Waals surface area contributed by atoms with Crippen LogP contribution >= 0.6 is 23.1 Å². The topological polar surface area (TPSA) is 72.5 Å². The molecule has 0 unspecified atom stereocenters. The maximum absolute atomic E-state index is 12.8. The number of hydrogen-bond acceptors (Lipinski definition) is 7. The van der Waals surface area contributed by atoms with E-state index in [0.717, 1.165) is 19.4 Å². The molecule has 0 aliphatic heterocycles. The van der Waals surface area contributed by atoms with Crippen LogP contribution in [0, 0.1) is 6.92 Å². The van der Waals surface area contributed by atoms with Crippen molar-refractivity contribution in [3.8, 4) is 0 Å². The first-order chi connectivity index (χ1) is 15.4. The first-order valence-corrected chi connectivity index (χ1v) is 11.4. The summed E-state index contributed by atoms with van der Waals surface area (Å²) >= 11 is 3.01. The van der Waals surface area contributed by atoms with Gasteiger partial charge < -0.3 is 4.84 Å². The zero-order chi connectivity index (χ0) is 22.7. The summed E-state index contributed by atoms with van der Waals surface area (Å²) in [5.74, 6) is -0.525. The van der Waals surface area contributed by atoms with Crippen LogP contribution in [0.2, 0.25) is 0 Å². The molecule has 5 nitrogen and oxygen atoms in total. The summed E-state index contributed by atoms with van der Waals surface area (Å²) in [6.07, 6.45) is 0. The maximum atomic E-state index is 12.8. The van der Waals surface area contributed by atoms with Crippen molar-refractivity contribution in [1.29, 1.82) is 0 Å². The van der Waals surface area contributed by atoms with Gasteiger partial charge in [0.2, 0.25) is 5.43 Å². The standard InChI is InChI=1S/C25H19NO4S2/c1-15-23(26-30-16(2)27)25(29)21-13-12-20(14-22(21)31-15)32-19-10-8-18(9-11-19)24(28)17-6-4-3-5-7-17/h3-14,26H,1-2H3. The first-order valence-electron chi connectivity index (χ1n) is 9.81. The molecule has 4 aromatic rings. The molecule has 0 radical (unpaired) electrons. The van der Waals surface area contributed by atoms with E-state index in [2.05, 4.69) is 5.48 Å². The number of nitrogens with one attached hydrogen (secondary N) is 1. The van der Waals surface area contributed by atoms with Gasteiger partial charge in [0.25, 0.3) is 0 Å². The molecule has 0 atom stereocenters. The van der Waals surface area contributed by atoms with Crippen LogP contribution in [-0.4, -0.2) is 11.8 Å². The van der Waals surface area contributed by atoms with Gasteiger partial charge in [-0.15, -0.1) is 11.3 Å². The largest absolute Gasteiger partial charge is 0.344 e. The molecule has 0 spiro atoms. The summed E-state index contributed by atoms with van der Waals surface area (Å²) in [5, 5.41) is 0.559. The van der Waals surface area contributed by atoms with E-state index in [1.165, 1.54) is 18.3 Å². The molecule has 0 saturated carbocycles. The van der Waals surface area contributed by atoms with Crippen LogP contribution < -0.4 is 10.9 Å². The highest BCUT2D eigenvalue weighted by Gasteiger charge is 2.12. The van der Waals surface area contributed by atoms with Crippen LogP contribution in [0.4, 0.5) is 5.69 Å². The monoisotopic (exact) mass is 461 g/mol. The van der Waals surface area contributed by atoms with Gasteiger partial charge in [-0.3, -0.25) is 14.4 Å². The lowest BCUT2D eigenvalue weighted by molar-refractivity contribution is -0.138. The van der Waals surface area contributed by atoms with Gasteiger partial charge in [0, 0.05) is 42.8 Å². The lowest BCUT2D eigenvalue weighted by Crippen LogP contribution is -2.15. The predicted molar refractivity (Wildman–Crippen MR) is 129 cm³/mol. The van der Waals surface area contributed by atoms with Crippen molar-refractivity contribution >= 4 is 50.6 Å². The Morgan fingerprint density at radius 1 is 0.906 bits per heavy atom. The minimum absolute atomic E-state index is 0.00808. The molecule has 32 heavy (non-hydrogen) atoms. The molecule has 0 saturated heterocycles. The van der Waals surface area contributed by atoms with Crippen LogP contribution in [0.3, 0.4) is 0 Å². The summed E-state index contributed by atoms with van der Waals surface area (Å²) in [4.78, 5) is 43.9. The van der Waals surface area contributed by atoms with E-state index in [0.29, 0.717) is 16.5 Å². The number of hydrogen-bond donors (Lipinski definition) is 1. The Balaban J connectivity index is 1.55. The van der Waals surface area contributed by atoms with E-state index in [4.69, 9.17) is 4.84 Å². The summed E-state index contributed by atoms with van der Waals surface area (Å²) in [7, 11) is 0. The second kappa shape index (κ2) is 9.38. The third-order valence-electron chi connectivity index (χ3n) is 4.72. The minimum Gasteiger partial charge on any atom is -0.344 e. The number of ketones is 1.